The summed E-state index contributed by atoms with van der Waals surface area (Å²) in [6, 6.07) is 10.3. The number of amides is 2. The average molecular weight is 359 g/mol. The molecule has 0 saturated heterocycles. The van der Waals surface area contributed by atoms with Crippen LogP contribution >= 0.6 is 11.3 Å². The van der Waals surface area contributed by atoms with Crippen LogP contribution in [0.1, 0.15) is 0 Å². The first-order valence-electron chi connectivity index (χ1n) is 7.38. The summed E-state index contributed by atoms with van der Waals surface area (Å²) < 4.78 is 16.6. The molecule has 7 nitrogen and oxygen atoms in total. The first-order valence-corrected chi connectivity index (χ1v) is 8.20. The highest BCUT2D eigenvalue weighted by Gasteiger charge is 2.15. The molecule has 0 unspecified atom stereocenters. The third-order valence-corrected chi connectivity index (χ3v) is 4.44. The van der Waals surface area contributed by atoms with E-state index in [0.29, 0.717) is 33.6 Å². The smallest absolute Gasteiger partial charge is 0.325 e. The van der Waals surface area contributed by atoms with E-state index in [1.54, 1.807) is 57.7 Å². The highest BCUT2D eigenvalue weighted by atomic mass is 32.1. The Bertz CT molecular complexity index is 869. The third kappa shape index (κ3) is 3.58. The van der Waals surface area contributed by atoms with Gasteiger partial charge < -0.3 is 19.5 Å². The van der Waals surface area contributed by atoms with E-state index < -0.39 is 6.03 Å². The average Bonchev–Trinajstić information content (AvgIpc) is 3.04. The maximum atomic E-state index is 12.2. The second kappa shape index (κ2) is 7.27. The molecule has 3 rings (SSSR count). The van der Waals surface area contributed by atoms with Crippen molar-refractivity contribution in [2.45, 2.75) is 0 Å². The second-order valence-electron chi connectivity index (χ2n) is 4.98. The molecule has 3 aromatic rings. The van der Waals surface area contributed by atoms with Crippen LogP contribution in [-0.4, -0.2) is 32.3 Å². The lowest BCUT2D eigenvalue weighted by molar-refractivity contribution is 0.262. The van der Waals surface area contributed by atoms with Gasteiger partial charge in [-0.3, -0.25) is 5.32 Å². The van der Waals surface area contributed by atoms with E-state index in [1.807, 2.05) is 0 Å². The number of rotatable bonds is 5. The van der Waals surface area contributed by atoms with E-state index in [1.165, 1.54) is 11.3 Å². The van der Waals surface area contributed by atoms with Crippen molar-refractivity contribution in [1.82, 2.24) is 4.98 Å². The molecule has 0 radical (unpaired) electrons. The molecule has 1 heterocycles. The molecule has 0 atom stereocenters. The monoisotopic (exact) mass is 359 g/mol. The second-order valence-corrected chi connectivity index (χ2v) is 5.98. The highest BCUT2D eigenvalue weighted by Crippen LogP contribution is 2.38. The lowest BCUT2D eigenvalue weighted by atomic mass is 10.3. The summed E-state index contributed by atoms with van der Waals surface area (Å²) in [5.41, 5.74) is 1.26. The van der Waals surface area contributed by atoms with E-state index in [9.17, 15) is 4.79 Å². The number of nitrogens with zero attached hydrogens (tertiary/aromatic N) is 1. The Kier molecular flexibility index (Phi) is 4.90. The van der Waals surface area contributed by atoms with Crippen LogP contribution in [-0.2, 0) is 0 Å². The van der Waals surface area contributed by atoms with E-state index >= 15 is 0 Å². The number of aromatic nitrogens is 1. The predicted molar refractivity (Wildman–Crippen MR) is 98.4 cm³/mol. The maximum Gasteiger partial charge on any atom is 0.325 e. The molecule has 0 saturated carbocycles. The van der Waals surface area contributed by atoms with Crippen molar-refractivity contribution in [3.05, 3.63) is 36.4 Å². The van der Waals surface area contributed by atoms with Gasteiger partial charge in [0.15, 0.2) is 5.13 Å². The van der Waals surface area contributed by atoms with Gasteiger partial charge in [-0.25, -0.2) is 9.78 Å². The Morgan fingerprint density at radius 1 is 1.00 bits per heavy atom. The van der Waals surface area contributed by atoms with Gasteiger partial charge in [-0.15, -0.1) is 0 Å². The number of carbonyl (C=O) groups excluding carboxylic acids is 1. The summed E-state index contributed by atoms with van der Waals surface area (Å²) in [5.74, 6) is 1.95. The molecular formula is C17H17N3O4S. The van der Waals surface area contributed by atoms with Crippen LogP contribution in [0.4, 0.5) is 15.6 Å². The minimum Gasteiger partial charge on any atom is -0.497 e. The van der Waals surface area contributed by atoms with Crippen LogP contribution in [0.2, 0.25) is 0 Å². The summed E-state index contributed by atoms with van der Waals surface area (Å²) in [4.78, 5) is 16.6. The molecule has 25 heavy (non-hydrogen) atoms. The summed E-state index contributed by atoms with van der Waals surface area (Å²) in [6.45, 7) is 0. The van der Waals surface area contributed by atoms with Crippen LogP contribution in [0.25, 0.3) is 10.2 Å². The zero-order valence-electron chi connectivity index (χ0n) is 14.0. The van der Waals surface area contributed by atoms with Crippen molar-refractivity contribution >= 4 is 38.4 Å². The fraction of sp³-hybridized carbons (Fsp3) is 0.176. The van der Waals surface area contributed by atoms with Crippen LogP contribution < -0.4 is 24.8 Å². The quantitative estimate of drug-likeness (QED) is 0.720. The number of fused-ring (bicyclic) bond motifs is 1. The minimum absolute atomic E-state index is 0.398. The van der Waals surface area contributed by atoms with Crippen molar-refractivity contribution in [2.24, 2.45) is 0 Å². The van der Waals surface area contributed by atoms with Crippen molar-refractivity contribution < 1.29 is 19.0 Å². The zero-order valence-corrected chi connectivity index (χ0v) is 14.8. The van der Waals surface area contributed by atoms with Crippen LogP contribution in [0.3, 0.4) is 0 Å². The predicted octanol–water partition coefficient (Wildman–Crippen LogP) is 3.97. The van der Waals surface area contributed by atoms with E-state index in [4.69, 9.17) is 14.2 Å². The van der Waals surface area contributed by atoms with E-state index in [0.717, 1.165) is 4.70 Å². The normalized spacial score (nSPS) is 10.4. The topological polar surface area (TPSA) is 81.7 Å². The van der Waals surface area contributed by atoms with Crippen molar-refractivity contribution in [2.75, 3.05) is 32.0 Å². The Balaban J connectivity index is 1.81. The lowest BCUT2D eigenvalue weighted by Gasteiger charge is -2.06. The van der Waals surface area contributed by atoms with Crippen LogP contribution in [0.5, 0.6) is 17.2 Å². The number of anilines is 2. The van der Waals surface area contributed by atoms with Gasteiger partial charge in [-0.1, -0.05) is 17.4 Å². The molecule has 0 bridgehead atoms. The molecule has 2 N–H and O–H groups in total. The minimum atomic E-state index is -0.398. The number of urea groups is 1. The van der Waals surface area contributed by atoms with Gasteiger partial charge >= 0.3 is 6.03 Å². The molecule has 0 spiro atoms. The van der Waals surface area contributed by atoms with Crippen LogP contribution in [0.15, 0.2) is 36.4 Å². The van der Waals surface area contributed by atoms with Gasteiger partial charge in [-0.05, 0) is 24.3 Å². The molecule has 0 aliphatic rings. The van der Waals surface area contributed by atoms with Gasteiger partial charge in [0.25, 0.3) is 0 Å². The van der Waals surface area contributed by atoms with Gasteiger partial charge in [0.05, 0.1) is 21.3 Å². The summed E-state index contributed by atoms with van der Waals surface area (Å²) in [6.07, 6.45) is 0. The Hall–Kier alpha value is -3.00. The maximum absolute atomic E-state index is 12.2. The van der Waals surface area contributed by atoms with Gasteiger partial charge in [0.2, 0.25) is 0 Å². The zero-order chi connectivity index (χ0) is 17.8. The summed E-state index contributed by atoms with van der Waals surface area (Å²) in [7, 11) is 4.73. The molecule has 2 aromatic carbocycles. The third-order valence-electron chi connectivity index (χ3n) is 3.46. The number of benzene rings is 2. The Morgan fingerprint density at radius 2 is 1.76 bits per heavy atom. The lowest BCUT2D eigenvalue weighted by Crippen LogP contribution is -2.19. The molecule has 8 heteroatoms. The number of hydrogen-bond acceptors (Lipinski definition) is 6. The molecule has 130 valence electrons. The van der Waals surface area contributed by atoms with Gasteiger partial charge in [-0.2, -0.15) is 0 Å². The number of methoxy groups -OCH3 is 3. The van der Waals surface area contributed by atoms with Crippen molar-refractivity contribution in [3.8, 4) is 17.2 Å². The first-order chi connectivity index (χ1) is 12.1. The SMILES string of the molecule is COc1cccc(NC(=O)Nc2nc3c(OC)ccc(OC)c3s2)c1. The number of carbonyl (C=O) groups is 1. The van der Waals surface area contributed by atoms with E-state index in [2.05, 4.69) is 15.6 Å². The fourth-order valence-electron chi connectivity index (χ4n) is 2.30. The van der Waals surface area contributed by atoms with E-state index in [-0.39, 0.29) is 0 Å². The molecule has 0 aliphatic carbocycles. The van der Waals surface area contributed by atoms with Gasteiger partial charge in [0.1, 0.15) is 27.5 Å². The fourth-order valence-corrected chi connectivity index (χ4v) is 3.27. The standard InChI is InChI=1S/C17H17N3O4S/c1-22-11-6-4-5-10(9-11)18-16(21)20-17-19-14-12(23-2)7-8-13(24-3)15(14)25-17/h4-9H,1-3H3,(H2,18,19,20,21). The van der Waals surface area contributed by atoms with Gasteiger partial charge in [0, 0.05) is 11.8 Å². The van der Waals surface area contributed by atoms with Crippen molar-refractivity contribution in [1.29, 1.82) is 0 Å². The first kappa shape index (κ1) is 16.8. The molecular weight excluding hydrogens is 342 g/mol. The molecule has 2 amide bonds. The van der Waals surface area contributed by atoms with Crippen LogP contribution in [0, 0.1) is 0 Å². The number of thiazole rings is 1. The highest BCUT2D eigenvalue weighted by molar-refractivity contribution is 7.22. The Labute approximate surface area is 148 Å². The largest absolute Gasteiger partial charge is 0.497 e. The molecule has 0 fully saturated rings. The number of hydrogen-bond donors (Lipinski definition) is 2. The molecule has 0 aliphatic heterocycles. The molecule has 1 aromatic heterocycles. The Morgan fingerprint density at radius 3 is 2.48 bits per heavy atom. The summed E-state index contributed by atoms with van der Waals surface area (Å²) >= 11 is 1.31. The summed E-state index contributed by atoms with van der Waals surface area (Å²) in [5, 5.41) is 5.91. The number of ether oxygens (including phenoxy) is 3. The van der Waals surface area contributed by atoms with Crippen molar-refractivity contribution in [3.63, 3.8) is 0 Å². The number of nitrogens with one attached hydrogen (secondary N) is 2.